The van der Waals surface area contributed by atoms with Crippen molar-refractivity contribution in [2.45, 2.75) is 18.7 Å². The predicted octanol–water partition coefficient (Wildman–Crippen LogP) is 4.74. The van der Waals surface area contributed by atoms with Gasteiger partial charge in [-0.05, 0) is 44.2 Å². The van der Waals surface area contributed by atoms with Crippen LogP contribution in [0.15, 0.2) is 47.4 Å². The second-order valence-corrected chi connectivity index (χ2v) is 9.92. The monoisotopic (exact) mass is 420 g/mol. The van der Waals surface area contributed by atoms with Crippen LogP contribution in [0.5, 0.6) is 0 Å². The molecule has 0 radical (unpaired) electrons. The van der Waals surface area contributed by atoms with Gasteiger partial charge in [-0.2, -0.15) is 0 Å². The Kier molecular flexibility index (Phi) is 5.37. The van der Waals surface area contributed by atoms with Gasteiger partial charge in [-0.1, -0.05) is 23.7 Å². The van der Waals surface area contributed by atoms with Crippen LogP contribution < -0.4 is 5.32 Å². The Morgan fingerprint density at radius 2 is 1.89 bits per heavy atom. The number of nitrogens with one attached hydrogen (secondary N) is 1. The molecule has 0 fully saturated rings. The maximum Gasteiger partial charge on any atom is 0.257 e. The van der Waals surface area contributed by atoms with Gasteiger partial charge in [-0.3, -0.25) is 4.79 Å². The summed E-state index contributed by atoms with van der Waals surface area (Å²) in [5.41, 5.74) is 2.61. The SMILES string of the molecule is Cc1nc(-c2cccc(NC(=O)c3ccc(S(C)(=O)=O)cc3Cl)c2)c(C)s1. The first-order valence-corrected chi connectivity index (χ1v) is 11.1. The lowest BCUT2D eigenvalue weighted by molar-refractivity contribution is 0.102. The van der Waals surface area contributed by atoms with Gasteiger partial charge in [-0.15, -0.1) is 11.3 Å². The third kappa shape index (κ3) is 4.37. The fraction of sp³-hybridized carbons (Fsp3) is 0.158. The highest BCUT2D eigenvalue weighted by Crippen LogP contribution is 2.29. The number of hydrogen-bond acceptors (Lipinski definition) is 5. The largest absolute Gasteiger partial charge is 0.322 e. The fourth-order valence-electron chi connectivity index (χ4n) is 2.65. The van der Waals surface area contributed by atoms with Crippen LogP contribution in [0.4, 0.5) is 5.69 Å². The number of amides is 1. The molecule has 1 heterocycles. The van der Waals surface area contributed by atoms with Crippen LogP contribution in [-0.4, -0.2) is 25.6 Å². The van der Waals surface area contributed by atoms with Crippen LogP contribution in [0.2, 0.25) is 5.02 Å². The molecule has 3 rings (SSSR count). The second kappa shape index (κ2) is 7.42. The van der Waals surface area contributed by atoms with Crippen molar-refractivity contribution in [3.8, 4) is 11.3 Å². The zero-order chi connectivity index (χ0) is 19.8. The summed E-state index contributed by atoms with van der Waals surface area (Å²) >= 11 is 7.73. The van der Waals surface area contributed by atoms with Crippen LogP contribution in [0, 0.1) is 13.8 Å². The Bertz CT molecular complexity index is 1140. The lowest BCUT2D eigenvalue weighted by Gasteiger charge is -2.09. The summed E-state index contributed by atoms with van der Waals surface area (Å²) in [5, 5.41) is 3.86. The number of carbonyl (C=O) groups is 1. The van der Waals surface area contributed by atoms with E-state index >= 15 is 0 Å². The average molecular weight is 421 g/mol. The van der Waals surface area contributed by atoms with Crippen LogP contribution >= 0.6 is 22.9 Å². The molecule has 8 heteroatoms. The standard InChI is InChI=1S/C19H17ClN2O3S2/c1-11-18(21-12(2)26-11)13-5-4-6-14(9-13)22-19(23)16-8-7-15(10-17(16)20)27(3,24)25/h4-10H,1-3H3,(H,22,23). The molecule has 1 amide bonds. The summed E-state index contributed by atoms with van der Waals surface area (Å²) in [4.78, 5) is 18.3. The Hall–Kier alpha value is -2.22. The lowest BCUT2D eigenvalue weighted by atomic mass is 10.1. The quantitative estimate of drug-likeness (QED) is 0.661. The van der Waals surface area contributed by atoms with E-state index in [2.05, 4.69) is 10.3 Å². The Morgan fingerprint density at radius 1 is 1.15 bits per heavy atom. The maximum absolute atomic E-state index is 12.6. The summed E-state index contributed by atoms with van der Waals surface area (Å²) in [6, 6.07) is 11.5. The van der Waals surface area contributed by atoms with Gasteiger partial charge in [0, 0.05) is 22.4 Å². The molecule has 27 heavy (non-hydrogen) atoms. The van der Waals surface area contributed by atoms with Gasteiger partial charge >= 0.3 is 0 Å². The van der Waals surface area contributed by atoms with E-state index in [9.17, 15) is 13.2 Å². The number of nitrogens with zero attached hydrogens (tertiary/aromatic N) is 1. The van der Waals surface area contributed by atoms with E-state index in [0.717, 1.165) is 27.4 Å². The molecule has 1 aromatic heterocycles. The van der Waals surface area contributed by atoms with Crippen LogP contribution in [0.3, 0.4) is 0 Å². The molecule has 5 nitrogen and oxygen atoms in total. The number of rotatable bonds is 4. The summed E-state index contributed by atoms with van der Waals surface area (Å²) < 4.78 is 23.2. The van der Waals surface area contributed by atoms with Gasteiger partial charge in [0.1, 0.15) is 0 Å². The molecule has 0 unspecified atom stereocenters. The molecule has 0 saturated heterocycles. The van der Waals surface area contributed by atoms with Crippen molar-refractivity contribution in [3.05, 3.63) is 62.9 Å². The smallest absolute Gasteiger partial charge is 0.257 e. The Labute approximate surface area is 167 Å². The number of aromatic nitrogens is 1. The zero-order valence-electron chi connectivity index (χ0n) is 14.9. The van der Waals surface area contributed by atoms with Crippen molar-refractivity contribution in [1.82, 2.24) is 4.98 Å². The number of hydrogen-bond donors (Lipinski definition) is 1. The molecule has 0 spiro atoms. The molecule has 0 atom stereocenters. The van der Waals surface area contributed by atoms with E-state index in [-0.39, 0.29) is 15.5 Å². The van der Waals surface area contributed by atoms with Crippen molar-refractivity contribution in [1.29, 1.82) is 0 Å². The van der Waals surface area contributed by atoms with E-state index in [1.165, 1.54) is 18.2 Å². The minimum absolute atomic E-state index is 0.0698. The van der Waals surface area contributed by atoms with E-state index in [1.807, 2.05) is 32.0 Å². The number of thiazole rings is 1. The van der Waals surface area contributed by atoms with Gasteiger partial charge in [-0.25, -0.2) is 13.4 Å². The fourth-order valence-corrected chi connectivity index (χ4v) is 4.47. The Balaban J connectivity index is 1.87. The average Bonchev–Trinajstić information content (AvgIpc) is 2.92. The van der Waals surface area contributed by atoms with E-state index in [1.54, 1.807) is 17.4 Å². The van der Waals surface area contributed by atoms with Crippen molar-refractivity contribution < 1.29 is 13.2 Å². The van der Waals surface area contributed by atoms with Crippen LogP contribution in [0.1, 0.15) is 20.2 Å². The topological polar surface area (TPSA) is 76.1 Å². The van der Waals surface area contributed by atoms with Gasteiger partial charge in [0.2, 0.25) is 0 Å². The first kappa shape index (κ1) is 19.5. The summed E-state index contributed by atoms with van der Waals surface area (Å²) in [6.07, 6.45) is 1.09. The molecule has 2 aromatic carbocycles. The third-order valence-electron chi connectivity index (χ3n) is 3.91. The number of carbonyl (C=O) groups excluding carboxylic acids is 1. The van der Waals surface area contributed by atoms with Gasteiger partial charge in [0.05, 0.1) is 26.2 Å². The third-order valence-corrected chi connectivity index (χ3v) is 6.22. The number of halogens is 1. The maximum atomic E-state index is 12.6. The summed E-state index contributed by atoms with van der Waals surface area (Å²) in [7, 11) is -3.39. The number of sulfone groups is 1. The molecule has 0 saturated carbocycles. The van der Waals surface area contributed by atoms with E-state index in [0.29, 0.717) is 5.69 Å². The molecule has 0 aliphatic heterocycles. The van der Waals surface area contributed by atoms with Crippen molar-refractivity contribution in [3.63, 3.8) is 0 Å². The van der Waals surface area contributed by atoms with Gasteiger partial charge in [0.25, 0.3) is 5.91 Å². The molecule has 0 aliphatic carbocycles. The van der Waals surface area contributed by atoms with Gasteiger partial charge < -0.3 is 5.32 Å². The number of aryl methyl sites for hydroxylation is 2. The molecule has 3 aromatic rings. The van der Waals surface area contributed by atoms with Crippen molar-refractivity contribution >= 4 is 44.4 Å². The first-order valence-electron chi connectivity index (χ1n) is 8.00. The van der Waals surface area contributed by atoms with Gasteiger partial charge in [0.15, 0.2) is 9.84 Å². The van der Waals surface area contributed by atoms with E-state index < -0.39 is 15.7 Å². The summed E-state index contributed by atoms with van der Waals surface area (Å²) in [5.74, 6) is -0.414. The molecule has 1 N–H and O–H groups in total. The number of benzene rings is 2. The van der Waals surface area contributed by atoms with Crippen molar-refractivity contribution in [2.75, 3.05) is 11.6 Å². The highest BCUT2D eigenvalue weighted by Gasteiger charge is 2.15. The Morgan fingerprint density at radius 3 is 2.48 bits per heavy atom. The van der Waals surface area contributed by atoms with Crippen LogP contribution in [0.25, 0.3) is 11.3 Å². The van der Waals surface area contributed by atoms with Crippen LogP contribution in [-0.2, 0) is 9.84 Å². The summed E-state index contributed by atoms with van der Waals surface area (Å²) in [6.45, 7) is 3.96. The lowest BCUT2D eigenvalue weighted by Crippen LogP contribution is -2.13. The number of anilines is 1. The minimum Gasteiger partial charge on any atom is -0.322 e. The molecule has 0 aliphatic rings. The predicted molar refractivity (Wildman–Crippen MR) is 110 cm³/mol. The second-order valence-electron chi connectivity index (χ2n) is 6.09. The first-order chi connectivity index (χ1) is 12.6. The highest BCUT2D eigenvalue weighted by atomic mass is 35.5. The normalized spacial score (nSPS) is 11.4. The molecular formula is C19H17ClN2O3S2. The molecule has 140 valence electrons. The molecule has 0 bridgehead atoms. The molecular weight excluding hydrogens is 404 g/mol. The zero-order valence-corrected chi connectivity index (χ0v) is 17.3. The highest BCUT2D eigenvalue weighted by molar-refractivity contribution is 7.90. The minimum atomic E-state index is -3.39. The van der Waals surface area contributed by atoms with Crippen molar-refractivity contribution in [2.24, 2.45) is 0 Å². The van der Waals surface area contributed by atoms with E-state index in [4.69, 9.17) is 11.6 Å².